The van der Waals surface area contributed by atoms with Gasteiger partial charge in [-0.15, -0.1) is 0 Å². The van der Waals surface area contributed by atoms with Crippen LogP contribution in [-0.4, -0.2) is 9.97 Å². The van der Waals surface area contributed by atoms with E-state index in [1.54, 1.807) is 6.07 Å². The normalized spacial score (nSPS) is 10.7. The molecule has 0 amide bonds. The van der Waals surface area contributed by atoms with E-state index in [1.165, 1.54) is 24.3 Å². The molecule has 1 heterocycles. The van der Waals surface area contributed by atoms with E-state index in [0.717, 1.165) is 0 Å². The van der Waals surface area contributed by atoms with E-state index in [2.05, 4.69) is 15.3 Å². The Kier molecular flexibility index (Phi) is 4.35. The number of rotatable bonds is 3. The molecule has 0 atom stereocenters. The molecule has 1 aromatic heterocycles. The summed E-state index contributed by atoms with van der Waals surface area (Å²) in [7, 11) is 0. The van der Waals surface area contributed by atoms with Crippen molar-refractivity contribution in [1.29, 1.82) is 0 Å². The topological polar surface area (TPSA) is 37.8 Å². The Hall–Kier alpha value is -2.67. The molecule has 0 bridgehead atoms. The summed E-state index contributed by atoms with van der Waals surface area (Å²) in [5.41, 5.74) is -0.253. The minimum absolute atomic E-state index is 0.0188. The minimum atomic E-state index is -1.13. The van der Waals surface area contributed by atoms with Crippen LogP contribution in [0.25, 0.3) is 11.4 Å². The van der Waals surface area contributed by atoms with Gasteiger partial charge >= 0.3 is 0 Å². The number of hydrogen-bond acceptors (Lipinski definition) is 3. The summed E-state index contributed by atoms with van der Waals surface area (Å²) >= 11 is 5.88. The number of aromatic nitrogens is 2. The van der Waals surface area contributed by atoms with Crippen LogP contribution in [-0.2, 0) is 0 Å². The summed E-state index contributed by atoms with van der Waals surface area (Å²) < 4.78 is 53.7. The van der Waals surface area contributed by atoms with Crippen molar-refractivity contribution in [2.24, 2.45) is 0 Å². The van der Waals surface area contributed by atoms with E-state index in [-0.39, 0.29) is 16.8 Å². The molecule has 3 rings (SSSR count). The van der Waals surface area contributed by atoms with Gasteiger partial charge in [-0.05, 0) is 12.1 Å². The third-order valence-electron chi connectivity index (χ3n) is 3.04. The number of nitrogens with zero attached hydrogens (tertiary/aromatic N) is 2. The molecule has 0 fully saturated rings. The molecule has 0 saturated carbocycles. The highest BCUT2D eigenvalue weighted by Crippen LogP contribution is 2.26. The Morgan fingerprint density at radius 3 is 2.21 bits per heavy atom. The lowest BCUT2D eigenvalue weighted by Gasteiger charge is -2.10. The summed E-state index contributed by atoms with van der Waals surface area (Å²) in [5.74, 6) is -3.77. The highest BCUT2D eigenvalue weighted by atomic mass is 35.5. The summed E-state index contributed by atoms with van der Waals surface area (Å²) in [6.45, 7) is 0. The zero-order valence-electron chi connectivity index (χ0n) is 11.8. The van der Waals surface area contributed by atoms with Crippen molar-refractivity contribution in [3.63, 3.8) is 0 Å². The second kappa shape index (κ2) is 6.45. The number of halogens is 5. The average Bonchev–Trinajstić information content (AvgIpc) is 2.50. The average molecular weight is 354 g/mol. The first kappa shape index (κ1) is 16.2. The molecule has 0 aliphatic heterocycles. The highest BCUT2D eigenvalue weighted by molar-refractivity contribution is 6.29. The summed E-state index contributed by atoms with van der Waals surface area (Å²) in [4.78, 5) is 7.99. The lowest BCUT2D eigenvalue weighted by molar-refractivity contribution is 0.548. The molecular weight excluding hydrogens is 346 g/mol. The maximum atomic E-state index is 13.7. The highest BCUT2D eigenvalue weighted by Gasteiger charge is 2.14. The number of anilines is 2. The van der Waals surface area contributed by atoms with Crippen molar-refractivity contribution in [1.82, 2.24) is 9.97 Å². The van der Waals surface area contributed by atoms with E-state index >= 15 is 0 Å². The van der Waals surface area contributed by atoms with E-state index in [4.69, 9.17) is 11.6 Å². The first-order valence-electron chi connectivity index (χ1n) is 6.64. The Balaban J connectivity index is 2.01. The van der Waals surface area contributed by atoms with Gasteiger partial charge in [0.2, 0.25) is 0 Å². The van der Waals surface area contributed by atoms with Gasteiger partial charge in [0.05, 0.1) is 0 Å². The Labute approximate surface area is 139 Å². The van der Waals surface area contributed by atoms with E-state index in [0.29, 0.717) is 17.7 Å². The molecule has 0 unspecified atom stereocenters. The third kappa shape index (κ3) is 3.46. The van der Waals surface area contributed by atoms with Crippen LogP contribution in [0.2, 0.25) is 5.15 Å². The standard InChI is InChI=1S/C16H8ClF4N3/c17-13-7-14(23-15-11(20)5-10(19)6-12(15)21)24-16(22-13)8-2-1-3-9(18)4-8/h1-7H,(H,22,23,24). The zero-order valence-corrected chi connectivity index (χ0v) is 12.6. The van der Waals surface area contributed by atoms with E-state index < -0.39 is 29.0 Å². The molecule has 3 aromatic rings. The van der Waals surface area contributed by atoms with Crippen molar-refractivity contribution < 1.29 is 17.6 Å². The molecule has 0 spiro atoms. The SMILES string of the molecule is Fc1cccc(-c2nc(Cl)cc(Nc3c(F)cc(F)cc3F)n2)c1. The second-order valence-corrected chi connectivity index (χ2v) is 5.17. The van der Waals surface area contributed by atoms with Gasteiger partial charge < -0.3 is 5.32 Å². The lowest BCUT2D eigenvalue weighted by atomic mass is 10.2. The van der Waals surface area contributed by atoms with Crippen LogP contribution in [0.4, 0.5) is 29.1 Å². The smallest absolute Gasteiger partial charge is 0.163 e. The molecule has 1 N–H and O–H groups in total. The molecule has 3 nitrogen and oxygen atoms in total. The van der Waals surface area contributed by atoms with E-state index in [1.807, 2.05) is 0 Å². The molecule has 0 radical (unpaired) electrons. The third-order valence-corrected chi connectivity index (χ3v) is 3.23. The summed E-state index contributed by atoms with van der Waals surface area (Å²) in [6.07, 6.45) is 0. The fourth-order valence-electron chi connectivity index (χ4n) is 2.03. The predicted molar refractivity (Wildman–Crippen MR) is 82.0 cm³/mol. The Morgan fingerprint density at radius 2 is 1.54 bits per heavy atom. The molecule has 8 heteroatoms. The number of hydrogen-bond donors (Lipinski definition) is 1. The van der Waals surface area contributed by atoms with Gasteiger partial charge in [0, 0.05) is 23.8 Å². The first-order chi connectivity index (χ1) is 11.4. The molecular formula is C16H8ClF4N3. The fourth-order valence-corrected chi connectivity index (χ4v) is 2.21. The van der Waals surface area contributed by atoms with Gasteiger partial charge in [-0.2, -0.15) is 0 Å². The van der Waals surface area contributed by atoms with Crippen molar-refractivity contribution in [2.75, 3.05) is 5.32 Å². The molecule has 0 aliphatic rings. The minimum Gasteiger partial charge on any atom is -0.335 e. The van der Waals surface area contributed by atoms with Gasteiger partial charge in [0.15, 0.2) is 17.5 Å². The fraction of sp³-hybridized carbons (Fsp3) is 0. The van der Waals surface area contributed by atoms with Crippen LogP contribution in [0.15, 0.2) is 42.5 Å². The van der Waals surface area contributed by atoms with Crippen LogP contribution in [0, 0.1) is 23.3 Å². The van der Waals surface area contributed by atoms with Gasteiger partial charge in [-0.25, -0.2) is 27.5 Å². The molecule has 0 saturated heterocycles. The molecule has 122 valence electrons. The quantitative estimate of drug-likeness (QED) is 0.526. The van der Waals surface area contributed by atoms with Crippen LogP contribution >= 0.6 is 11.6 Å². The summed E-state index contributed by atoms with van der Waals surface area (Å²) in [5, 5.41) is 2.37. The number of benzene rings is 2. The van der Waals surface area contributed by atoms with Gasteiger partial charge in [0.1, 0.15) is 28.3 Å². The van der Waals surface area contributed by atoms with Gasteiger partial charge in [0.25, 0.3) is 0 Å². The van der Waals surface area contributed by atoms with Crippen LogP contribution in [0.3, 0.4) is 0 Å². The van der Waals surface area contributed by atoms with Crippen LogP contribution in [0.5, 0.6) is 0 Å². The van der Waals surface area contributed by atoms with Crippen molar-refractivity contribution >= 4 is 23.1 Å². The summed E-state index contributed by atoms with van der Waals surface area (Å²) in [6, 6.07) is 7.74. The van der Waals surface area contributed by atoms with Gasteiger partial charge in [-0.3, -0.25) is 0 Å². The Morgan fingerprint density at radius 1 is 0.833 bits per heavy atom. The number of nitrogens with one attached hydrogen (secondary N) is 1. The van der Waals surface area contributed by atoms with Crippen molar-refractivity contribution in [3.05, 3.63) is 70.9 Å². The molecule has 0 aliphatic carbocycles. The zero-order chi connectivity index (χ0) is 17.3. The van der Waals surface area contributed by atoms with Crippen molar-refractivity contribution in [2.45, 2.75) is 0 Å². The van der Waals surface area contributed by atoms with E-state index in [9.17, 15) is 17.6 Å². The first-order valence-corrected chi connectivity index (χ1v) is 7.02. The molecule has 2 aromatic carbocycles. The van der Waals surface area contributed by atoms with Crippen LogP contribution in [0.1, 0.15) is 0 Å². The second-order valence-electron chi connectivity index (χ2n) is 4.78. The maximum absolute atomic E-state index is 13.7. The lowest BCUT2D eigenvalue weighted by Crippen LogP contribution is -2.02. The monoisotopic (exact) mass is 353 g/mol. The maximum Gasteiger partial charge on any atom is 0.163 e. The van der Waals surface area contributed by atoms with Crippen LogP contribution < -0.4 is 5.32 Å². The molecule has 24 heavy (non-hydrogen) atoms. The largest absolute Gasteiger partial charge is 0.335 e. The van der Waals surface area contributed by atoms with Crippen molar-refractivity contribution in [3.8, 4) is 11.4 Å². The predicted octanol–water partition coefficient (Wildman–Crippen LogP) is 5.10. The van der Waals surface area contributed by atoms with Gasteiger partial charge in [-0.1, -0.05) is 23.7 Å². The Bertz CT molecular complexity index is 895.